The van der Waals surface area contributed by atoms with E-state index in [1.165, 1.54) is 11.8 Å². The van der Waals surface area contributed by atoms with E-state index in [0.717, 1.165) is 5.56 Å². The van der Waals surface area contributed by atoms with Crippen LogP contribution < -0.4 is 5.43 Å². The molecule has 2 rings (SSSR count). The highest BCUT2D eigenvalue weighted by atomic mass is 32.2. The number of rotatable bonds is 5. The number of hydrogen-bond acceptors (Lipinski definition) is 7. The van der Waals surface area contributed by atoms with E-state index in [1.54, 1.807) is 0 Å². The van der Waals surface area contributed by atoms with Crippen molar-refractivity contribution in [1.82, 2.24) is 5.43 Å². The third-order valence-electron chi connectivity index (χ3n) is 2.79. The number of hydrogen-bond donors (Lipinski definition) is 5. The number of benzene rings is 1. The zero-order valence-electron chi connectivity index (χ0n) is 10.0. The molecule has 1 heterocycles. The summed E-state index contributed by atoms with van der Waals surface area (Å²) in [5.41, 5.74) is 3.62. The summed E-state index contributed by atoms with van der Waals surface area (Å²) in [6, 6.07) is 9.44. The fourth-order valence-corrected chi connectivity index (χ4v) is 2.69. The lowest BCUT2D eigenvalue weighted by molar-refractivity contribution is -0.0779. The minimum atomic E-state index is -1.43. The van der Waals surface area contributed by atoms with Gasteiger partial charge in [-0.05, 0) is 0 Å². The van der Waals surface area contributed by atoms with Gasteiger partial charge in [-0.2, -0.15) is 5.10 Å². The lowest BCUT2D eigenvalue weighted by Crippen LogP contribution is -2.47. The summed E-state index contributed by atoms with van der Waals surface area (Å²) in [6.07, 6.45) is -4.05. The van der Waals surface area contributed by atoms with Gasteiger partial charge in [0.2, 0.25) is 0 Å². The summed E-state index contributed by atoms with van der Waals surface area (Å²) in [5, 5.41) is 41.8. The maximum absolute atomic E-state index is 9.91. The van der Waals surface area contributed by atoms with Crippen LogP contribution in [0.15, 0.2) is 35.4 Å². The minimum Gasteiger partial charge on any atom is -0.394 e. The van der Waals surface area contributed by atoms with Crippen LogP contribution in [0, 0.1) is 0 Å². The van der Waals surface area contributed by atoms with Crippen LogP contribution in [0.2, 0.25) is 0 Å². The minimum absolute atomic E-state index is 0.564. The van der Waals surface area contributed by atoms with E-state index >= 15 is 0 Å². The molecule has 5 N–H and O–H groups in total. The normalized spacial score (nSPS) is 23.4. The molecule has 0 spiro atoms. The predicted octanol–water partition coefficient (Wildman–Crippen LogP) is -0.914. The zero-order chi connectivity index (χ0) is 13.8. The summed E-state index contributed by atoms with van der Waals surface area (Å²) >= 11 is 1.26. The Morgan fingerprint density at radius 3 is 2.53 bits per heavy atom. The van der Waals surface area contributed by atoms with Crippen molar-refractivity contribution >= 4 is 16.8 Å². The van der Waals surface area contributed by atoms with Gasteiger partial charge >= 0.3 is 0 Å². The maximum Gasteiger partial charge on any atom is 0.125 e. The SMILES string of the molecule is OC[C@@H](O)[C@@H](O)[C@@H](O)[C@H]1NN=C(c2ccccc2)S1. The molecule has 104 valence electrons. The lowest BCUT2D eigenvalue weighted by Gasteiger charge is -2.25. The van der Waals surface area contributed by atoms with Crippen LogP contribution >= 0.6 is 11.8 Å². The van der Waals surface area contributed by atoms with Crippen LogP contribution in [-0.2, 0) is 0 Å². The van der Waals surface area contributed by atoms with Crippen molar-refractivity contribution < 1.29 is 20.4 Å². The van der Waals surface area contributed by atoms with E-state index in [9.17, 15) is 15.3 Å². The standard InChI is InChI=1S/C12H16N2O4S/c15-6-8(16)9(17)10(18)12-14-13-11(19-12)7-4-2-1-3-5-7/h1-5,8-10,12,14-18H,6H2/t8-,9-,10-,12+/m1/s1. The second kappa shape index (κ2) is 6.36. The van der Waals surface area contributed by atoms with Gasteiger partial charge in [-0.15, -0.1) is 0 Å². The molecule has 0 radical (unpaired) electrons. The lowest BCUT2D eigenvalue weighted by atomic mass is 10.1. The van der Waals surface area contributed by atoms with Gasteiger partial charge in [-0.25, -0.2) is 0 Å². The quantitative estimate of drug-likeness (QED) is 0.479. The highest BCUT2D eigenvalue weighted by molar-refractivity contribution is 8.15. The second-order valence-electron chi connectivity index (χ2n) is 4.18. The fourth-order valence-electron chi connectivity index (χ4n) is 1.67. The first-order valence-corrected chi connectivity index (χ1v) is 6.72. The number of nitrogens with one attached hydrogen (secondary N) is 1. The molecule has 1 aromatic rings. The summed E-state index contributed by atoms with van der Waals surface area (Å²) in [4.78, 5) is 0. The van der Waals surface area contributed by atoms with Crippen molar-refractivity contribution in [3.63, 3.8) is 0 Å². The fraction of sp³-hybridized carbons (Fsp3) is 0.417. The second-order valence-corrected chi connectivity index (χ2v) is 5.31. The molecule has 7 heteroatoms. The van der Waals surface area contributed by atoms with Crippen LogP contribution in [-0.4, -0.2) is 55.8 Å². The van der Waals surface area contributed by atoms with Gasteiger partial charge in [0.05, 0.1) is 6.61 Å². The van der Waals surface area contributed by atoms with Gasteiger partial charge in [-0.1, -0.05) is 42.1 Å². The number of nitrogens with zero attached hydrogens (tertiary/aromatic N) is 1. The highest BCUT2D eigenvalue weighted by Gasteiger charge is 2.35. The Hall–Kier alpha value is -1.12. The molecule has 0 bridgehead atoms. The van der Waals surface area contributed by atoms with E-state index in [2.05, 4.69) is 10.5 Å². The molecule has 1 aliphatic rings. The first-order valence-electron chi connectivity index (χ1n) is 5.84. The topological polar surface area (TPSA) is 105 Å². The molecule has 0 aromatic heterocycles. The van der Waals surface area contributed by atoms with Crippen molar-refractivity contribution in [1.29, 1.82) is 0 Å². The Morgan fingerprint density at radius 1 is 1.21 bits per heavy atom. The van der Waals surface area contributed by atoms with Crippen LogP contribution in [0.5, 0.6) is 0 Å². The molecule has 0 unspecified atom stereocenters. The monoisotopic (exact) mass is 284 g/mol. The molecular formula is C12H16N2O4S. The van der Waals surface area contributed by atoms with Gasteiger partial charge in [0.1, 0.15) is 28.7 Å². The van der Waals surface area contributed by atoms with Gasteiger partial charge in [0, 0.05) is 5.56 Å². The molecule has 0 saturated carbocycles. The third-order valence-corrected chi connectivity index (χ3v) is 3.98. The van der Waals surface area contributed by atoms with E-state index in [0.29, 0.717) is 5.04 Å². The van der Waals surface area contributed by atoms with Gasteiger partial charge in [-0.3, -0.25) is 5.43 Å². The van der Waals surface area contributed by atoms with Crippen molar-refractivity contribution in [3.8, 4) is 0 Å². The first kappa shape index (κ1) is 14.3. The molecule has 0 amide bonds. The molecule has 6 nitrogen and oxygen atoms in total. The van der Waals surface area contributed by atoms with Crippen LogP contribution in [0.1, 0.15) is 5.56 Å². The van der Waals surface area contributed by atoms with Crippen molar-refractivity contribution in [3.05, 3.63) is 35.9 Å². The maximum atomic E-state index is 9.91. The highest BCUT2D eigenvalue weighted by Crippen LogP contribution is 2.26. The van der Waals surface area contributed by atoms with Crippen molar-refractivity contribution in [2.24, 2.45) is 5.10 Å². The van der Waals surface area contributed by atoms with Crippen LogP contribution in [0.3, 0.4) is 0 Å². The number of hydrazone groups is 1. The van der Waals surface area contributed by atoms with E-state index in [1.807, 2.05) is 30.3 Å². The van der Waals surface area contributed by atoms with Crippen molar-refractivity contribution in [2.75, 3.05) is 6.61 Å². The molecule has 0 fully saturated rings. The molecule has 1 aromatic carbocycles. The Kier molecular flexibility index (Phi) is 4.78. The largest absolute Gasteiger partial charge is 0.394 e. The Bertz CT molecular complexity index is 443. The Labute approximate surface area is 114 Å². The molecule has 1 aliphatic heterocycles. The van der Waals surface area contributed by atoms with E-state index in [4.69, 9.17) is 5.11 Å². The average molecular weight is 284 g/mol. The van der Waals surface area contributed by atoms with Crippen molar-refractivity contribution in [2.45, 2.75) is 23.7 Å². The molecule has 0 aliphatic carbocycles. The Morgan fingerprint density at radius 2 is 1.89 bits per heavy atom. The zero-order valence-corrected chi connectivity index (χ0v) is 10.9. The van der Waals surface area contributed by atoms with Gasteiger partial charge in [0.25, 0.3) is 0 Å². The summed E-state index contributed by atoms with van der Waals surface area (Å²) in [7, 11) is 0. The number of thioether (sulfide) groups is 1. The summed E-state index contributed by atoms with van der Waals surface area (Å²) in [6.45, 7) is -0.609. The van der Waals surface area contributed by atoms with E-state index in [-0.39, 0.29) is 0 Å². The smallest absolute Gasteiger partial charge is 0.125 e. The molecule has 0 saturated heterocycles. The molecular weight excluding hydrogens is 268 g/mol. The first-order chi connectivity index (χ1) is 9.13. The third kappa shape index (κ3) is 3.26. The number of aliphatic hydroxyl groups excluding tert-OH is 4. The molecule has 4 atom stereocenters. The number of aliphatic hydroxyl groups is 4. The van der Waals surface area contributed by atoms with Crippen LogP contribution in [0.25, 0.3) is 0 Å². The average Bonchev–Trinajstić information content (AvgIpc) is 2.95. The summed E-state index contributed by atoms with van der Waals surface area (Å²) in [5.74, 6) is 0. The van der Waals surface area contributed by atoms with Gasteiger partial charge in [0.15, 0.2) is 0 Å². The predicted molar refractivity (Wildman–Crippen MR) is 72.6 cm³/mol. The Balaban J connectivity index is 1.97. The van der Waals surface area contributed by atoms with Crippen LogP contribution in [0.4, 0.5) is 0 Å². The summed E-state index contributed by atoms with van der Waals surface area (Å²) < 4.78 is 0. The van der Waals surface area contributed by atoms with Gasteiger partial charge < -0.3 is 20.4 Å². The van der Waals surface area contributed by atoms with E-state index < -0.39 is 30.3 Å². The molecule has 19 heavy (non-hydrogen) atoms.